The van der Waals surface area contributed by atoms with E-state index in [2.05, 4.69) is 48.5 Å². The zero-order valence-electron chi connectivity index (χ0n) is 19.5. The van der Waals surface area contributed by atoms with Crippen LogP contribution in [0.2, 0.25) is 0 Å². The summed E-state index contributed by atoms with van der Waals surface area (Å²) >= 11 is 0. The number of hydrogen-bond donors (Lipinski definition) is 1. The van der Waals surface area contributed by atoms with Gasteiger partial charge in [0.1, 0.15) is 6.61 Å². The number of hydrogen-bond acceptors (Lipinski definition) is 5. The van der Waals surface area contributed by atoms with E-state index in [0.717, 1.165) is 32.5 Å². The minimum atomic E-state index is -0.768. The molecule has 3 saturated heterocycles. The molecule has 3 fully saturated rings. The molecule has 1 aliphatic carbocycles. The Hall–Kier alpha value is -2.41. The second kappa shape index (κ2) is 8.99. The summed E-state index contributed by atoms with van der Waals surface area (Å²) < 4.78 is 17.3. The number of rotatable bonds is 5. The first-order chi connectivity index (χ1) is 16.6. The molecule has 0 aromatic heterocycles. The zero-order valence-corrected chi connectivity index (χ0v) is 19.5. The van der Waals surface area contributed by atoms with E-state index in [0.29, 0.717) is 32.3 Å². The molecule has 1 N–H and O–H groups in total. The van der Waals surface area contributed by atoms with Crippen molar-refractivity contribution in [3.05, 3.63) is 59.7 Å². The van der Waals surface area contributed by atoms with Crippen molar-refractivity contribution in [1.82, 2.24) is 4.90 Å². The molecule has 2 bridgehead atoms. The van der Waals surface area contributed by atoms with Crippen molar-refractivity contribution in [2.45, 2.75) is 74.8 Å². The van der Waals surface area contributed by atoms with Crippen LogP contribution in [-0.4, -0.2) is 59.9 Å². The monoisotopic (exact) mass is 463 g/mol. The van der Waals surface area contributed by atoms with E-state index >= 15 is 0 Å². The van der Waals surface area contributed by atoms with Crippen LogP contribution in [0.5, 0.6) is 0 Å². The molecule has 2 atom stereocenters. The fourth-order valence-corrected chi connectivity index (χ4v) is 6.58. The molecule has 2 aromatic carbocycles. The molecular weight excluding hydrogens is 430 g/mol. The first-order valence-electron chi connectivity index (χ1n) is 12.7. The number of carbonyl (C=O) groups is 1. The molecule has 2 aromatic rings. The van der Waals surface area contributed by atoms with Crippen LogP contribution in [0.1, 0.15) is 62.0 Å². The number of benzene rings is 2. The Morgan fingerprint density at radius 3 is 2.18 bits per heavy atom. The molecule has 0 radical (unpaired) electrons. The van der Waals surface area contributed by atoms with Crippen LogP contribution in [-0.2, 0) is 14.2 Å². The van der Waals surface area contributed by atoms with Crippen LogP contribution in [0.3, 0.4) is 0 Å². The van der Waals surface area contributed by atoms with Gasteiger partial charge in [0.05, 0.1) is 18.8 Å². The van der Waals surface area contributed by atoms with Crippen LogP contribution < -0.4 is 0 Å². The first-order valence-corrected chi connectivity index (χ1v) is 12.7. The lowest BCUT2D eigenvalue weighted by Crippen LogP contribution is -2.53. The molecule has 0 saturated carbocycles. The number of ether oxygens (including phenoxy) is 3. The van der Waals surface area contributed by atoms with Crippen LogP contribution in [0, 0.1) is 0 Å². The molecule has 180 valence electrons. The van der Waals surface area contributed by atoms with Gasteiger partial charge in [-0.15, -0.1) is 0 Å². The minimum absolute atomic E-state index is 0.0348. The van der Waals surface area contributed by atoms with E-state index < -0.39 is 5.60 Å². The zero-order chi connectivity index (χ0) is 23.1. The molecule has 0 spiro atoms. The number of amides is 1. The fraction of sp³-hybridized carbons (Fsp3) is 0.536. The molecule has 34 heavy (non-hydrogen) atoms. The standard InChI is InChI=1S/C28H33NO5/c30-27(34-18-25-23-8-3-1-6-21(23)22-7-2-4-9-24(22)25)29-19-10-11-20(29)17-28(31,16-19)13-12-26-32-14-5-15-33-26/h1-4,6-9,19-20,25-26,31H,5,10-18H2. The average molecular weight is 464 g/mol. The molecular formula is C28H33NO5. The average Bonchev–Trinajstić information content (AvgIpc) is 3.34. The minimum Gasteiger partial charge on any atom is -0.448 e. The van der Waals surface area contributed by atoms with Crippen molar-refractivity contribution in [2.24, 2.45) is 0 Å². The lowest BCUT2D eigenvalue weighted by atomic mass is 9.82. The molecule has 6 rings (SSSR count). The second-order valence-electron chi connectivity index (χ2n) is 10.3. The van der Waals surface area contributed by atoms with Crippen LogP contribution in [0.15, 0.2) is 48.5 Å². The van der Waals surface area contributed by atoms with Crippen molar-refractivity contribution in [2.75, 3.05) is 19.8 Å². The number of carbonyl (C=O) groups excluding carboxylic acids is 1. The van der Waals surface area contributed by atoms with E-state index in [1.54, 1.807) is 0 Å². The highest BCUT2D eigenvalue weighted by atomic mass is 16.7. The van der Waals surface area contributed by atoms with E-state index in [4.69, 9.17) is 14.2 Å². The van der Waals surface area contributed by atoms with Crippen LogP contribution >= 0.6 is 0 Å². The quantitative estimate of drug-likeness (QED) is 0.688. The summed E-state index contributed by atoms with van der Waals surface area (Å²) in [7, 11) is 0. The van der Waals surface area contributed by atoms with Crippen LogP contribution in [0.25, 0.3) is 11.1 Å². The van der Waals surface area contributed by atoms with Gasteiger partial charge in [0.15, 0.2) is 6.29 Å². The van der Waals surface area contributed by atoms with Gasteiger partial charge in [0, 0.05) is 24.4 Å². The molecule has 2 unspecified atom stereocenters. The van der Waals surface area contributed by atoms with Gasteiger partial charge >= 0.3 is 6.09 Å². The lowest BCUT2D eigenvalue weighted by Gasteiger charge is -2.43. The van der Waals surface area contributed by atoms with E-state index in [1.807, 2.05) is 4.90 Å². The maximum absolute atomic E-state index is 13.2. The summed E-state index contributed by atoms with van der Waals surface area (Å²) in [5.41, 5.74) is 4.14. The highest BCUT2D eigenvalue weighted by Gasteiger charge is 2.50. The van der Waals surface area contributed by atoms with Crippen molar-refractivity contribution < 1.29 is 24.1 Å². The molecule has 3 heterocycles. The van der Waals surface area contributed by atoms with E-state index in [-0.39, 0.29) is 30.4 Å². The van der Waals surface area contributed by atoms with Crippen LogP contribution in [0.4, 0.5) is 4.79 Å². The highest BCUT2D eigenvalue weighted by Crippen LogP contribution is 2.46. The SMILES string of the molecule is O=C(OCC1c2ccccc2-c2ccccc21)N1C2CCC1CC(O)(CCC1OCCCO1)C2. The van der Waals surface area contributed by atoms with Gasteiger partial charge in [0.25, 0.3) is 0 Å². The predicted octanol–water partition coefficient (Wildman–Crippen LogP) is 4.84. The largest absolute Gasteiger partial charge is 0.448 e. The smallest absolute Gasteiger partial charge is 0.410 e. The summed E-state index contributed by atoms with van der Waals surface area (Å²) in [6.07, 6.45) is 4.86. The second-order valence-corrected chi connectivity index (χ2v) is 10.3. The third-order valence-electron chi connectivity index (χ3n) is 8.14. The third kappa shape index (κ3) is 4.02. The van der Waals surface area contributed by atoms with Gasteiger partial charge in [-0.3, -0.25) is 0 Å². The van der Waals surface area contributed by atoms with Crippen molar-refractivity contribution in [1.29, 1.82) is 0 Å². The summed E-state index contributed by atoms with van der Waals surface area (Å²) in [5.74, 6) is 0.0613. The lowest BCUT2D eigenvalue weighted by molar-refractivity contribution is -0.188. The van der Waals surface area contributed by atoms with Gasteiger partial charge in [-0.2, -0.15) is 0 Å². The maximum Gasteiger partial charge on any atom is 0.410 e. The third-order valence-corrected chi connectivity index (χ3v) is 8.14. The number of fused-ring (bicyclic) bond motifs is 5. The summed E-state index contributed by atoms with van der Waals surface area (Å²) in [6.45, 7) is 1.79. The molecule has 1 amide bonds. The van der Waals surface area contributed by atoms with E-state index in [9.17, 15) is 9.90 Å². The molecule has 6 heteroatoms. The predicted molar refractivity (Wildman–Crippen MR) is 127 cm³/mol. The van der Waals surface area contributed by atoms with Crippen molar-refractivity contribution in [3.8, 4) is 11.1 Å². The maximum atomic E-state index is 13.2. The van der Waals surface area contributed by atoms with Crippen molar-refractivity contribution >= 4 is 6.09 Å². The van der Waals surface area contributed by atoms with Gasteiger partial charge in [0.2, 0.25) is 0 Å². The van der Waals surface area contributed by atoms with Gasteiger partial charge < -0.3 is 24.2 Å². The Kier molecular flexibility index (Phi) is 5.84. The summed E-state index contributed by atoms with van der Waals surface area (Å²) in [5, 5.41) is 11.3. The normalized spacial score (nSPS) is 28.6. The number of piperidine rings is 1. The Bertz CT molecular complexity index is 989. The Morgan fingerprint density at radius 2 is 1.56 bits per heavy atom. The van der Waals surface area contributed by atoms with Crippen molar-refractivity contribution in [3.63, 3.8) is 0 Å². The Labute approximate surface area is 200 Å². The number of nitrogens with zero attached hydrogens (tertiary/aromatic N) is 1. The van der Waals surface area contributed by atoms with E-state index in [1.165, 1.54) is 22.3 Å². The highest BCUT2D eigenvalue weighted by molar-refractivity contribution is 5.79. The Balaban J connectivity index is 1.10. The number of aliphatic hydroxyl groups is 1. The van der Waals surface area contributed by atoms with Gasteiger partial charge in [-0.05, 0) is 60.8 Å². The molecule has 4 aliphatic rings. The topological polar surface area (TPSA) is 68.2 Å². The Morgan fingerprint density at radius 1 is 0.971 bits per heavy atom. The van der Waals surface area contributed by atoms with Gasteiger partial charge in [-0.1, -0.05) is 48.5 Å². The molecule has 6 nitrogen and oxygen atoms in total. The summed E-state index contributed by atoms with van der Waals surface area (Å²) in [6, 6.07) is 16.8. The van der Waals surface area contributed by atoms with Gasteiger partial charge in [-0.25, -0.2) is 4.79 Å². The summed E-state index contributed by atoms with van der Waals surface area (Å²) in [4.78, 5) is 15.1. The molecule has 3 aliphatic heterocycles. The fourth-order valence-electron chi connectivity index (χ4n) is 6.58. The first kappa shape index (κ1) is 22.1.